The van der Waals surface area contributed by atoms with Crippen LogP contribution in [0.25, 0.3) is 10.8 Å². The zero-order chi connectivity index (χ0) is 13.2. The number of pyridine rings is 1. The Kier molecular flexibility index (Phi) is 3.31. The monoisotopic (exact) mass is 334 g/mol. The maximum absolute atomic E-state index is 5.95. The lowest BCUT2D eigenvalue weighted by Gasteiger charge is -2.10. The molecule has 0 atom stereocenters. The van der Waals surface area contributed by atoms with E-state index in [0.29, 0.717) is 15.4 Å². The van der Waals surface area contributed by atoms with Crippen LogP contribution >= 0.6 is 27.5 Å². The van der Waals surface area contributed by atoms with Gasteiger partial charge in [-0.2, -0.15) is 0 Å². The maximum atomic E-state index is 5.95. The first-order valence-corrected chi connectivity index (χ1v) is 6.68. The number of hydrogen-bond donors (Lipinski definition) is 1. The van der Waals surface area contributed by atoms with Gasteiger partial charge in [-0.1, -0.05) is 23.7 Å². The van der Waals surface area contributed by atoms with E-state index in [2.05, 4.69) is 36.2 Å². The molecule has 0 bridgehead atoms. The van der Waals surface area contributed by atoms with Gasteiger partial charge in [0.2, 0.25) is 0 Å². The molecule has 0 aliphatic carbocycles. The first-order chi connectivity index (χ1) is 9.25. The molecule has 4 nitrogen and oxygen atoms in total. The zero-order valence-electron chi connectivity index (χ0n) is 9.64. The molecule has 0 fully saturated rings. The minimum absolute atomic E-state index is 0.374. The number of anilines is 2. The summed E-state index contributed by atoms with van der Waals surface area (Å²) in [7, 11) is 0. The largest absolute Gasteiger partial charge is 0.339 e. The van der Waals surface area contributed by atoms with Gasteiger partial charge in [-0.05, 0) is 28.1 Å². The van der Waals surface area contributed by atoms with Crippen molar-refractivity contribution < 1.29 is 0 Å². The van der Waals surface area contributed by atoms with Gasteiger partial charge in [0.1, 0.15) is 17.3 Å². The lowest BCUT2D eigenvalue weighted by atomic mass is 10.1. The summed E-state index contributed by atoms with van der Waals surface area (Å²) >= 11 is 9.32. The van der Waals surface area contributed by atoms with E-state index in [4.69, 9.17) is 11.6 Å². The minimum Gasteiger partial charge on any atom is -0.339 e. The number of fused-ring (bicyclic) bond motifs is 1. The van der Waals surface area contributed by atoms with E-state index in [9.17, 15) is 0 Å². The van der Waals surface area contributed by atoms with E-state index in [1.165, 1.54) is 6.33 Å². The van der Waals surface area contributed by atoms with E-state index in [-0.39, 0.29) is 0 Å². The molecule has 0 saturated heterocycles. The average Bonchev–Trinajstić information content (AvgIpc) is 2.44. The van der Waals surface area contributed by atoms with Crippen LogP contribution in [0, 0.1) is 0 Å². The highest BCUT2D eigenvalue weighted by atomic mass is 79.9. The van der Waals surface area contributed by atoms with Gasteiger partial charge in [0.15, 0.2) is 0 Å². The third kappa shape index (κ3) is 2.39. The van der Waals surface area contributed by atoms with Crippen molar-refractivity contribution in [3.05, 3.63) is 52.6 Å². The van der Waals surface area contributed by atoms with Crippen molar-refractivity contribution in [3.8, 4) is 0 Å². The normalized spacial score (nSPS) is 10.6. The number of halogens is 2. The van der Waals surface area contributed by atoms with Gasteiger partial charge in [0.25, 0.3) is 0 Å². The van der Waals surface area contributed by atoms with E-state index in [1.54, 1.807) is 6.20 Å². The second kappa shape index (κ2) is 5.11. The van der Waals surface area contributed by atoms with Crippen LogP contribution < -0.4 is 5.32 Å². The van der Waals surface area contributed by atoms with Gasteiger partial charge in [-0.25, -0.2) is 9.97 Å². The molecule has 0 unspecified atom stereocenters. The fourth-order valence-corrected chi connectivity index (χ4v) is 2.23. The molecule has 2 aromatic heterocycles. The summed E-state index contributed by atoms with van der Waals surface area (Å²) < 4.78 is 0.641. The van der Waals surface area contributed by atoms with E-state index in [0.717, 1.165) is 16.5 Å². The molecule has 19 heavy (non-hydrogen) atoms. The lowest BCUT2D eigenvalue weighted by molar-refractivity contribution is 1.15. The number of rotatable bonds is 2. The van der Waals surface area contributed by atoms with Crippen LogP contribution in [0.2, 0.25) is 5.15 Å². The Hall–Kier alpha value is -1.72. The van der Waals surface area contributed by atoms with Gasteiger partial charge in [-0.3, -0.25) is 4.98 Å². The van der Waals surface area contributed by atoms with Crippen LogP contribution in [-0.2, 0) is 0 Å². The Morgan fingerprint density at radius 3 is 2.95 bits per heavy atom. The Morgan fingerprint density at radius 2 is 2.05 bits per heavy atom. The van der Waals surface area contributed by atoms with Crippen LogP contribution in [0.15, 0.2) is 47.5 Å². The molecule has 6 heteroatoms. The third-order valence-electron chi connectivity index (χ3n) is 2.68. The topological polar surface area (TPSA) is 50.7 Å². The quantitative estimate of drug-likeness (QED) is 0.714. The van der Waals surface area contributed by atoms with E-state index < -0.39 is 0 Å². The van der Waals surface area contributed by atoms with Crippen molar-refractivity contribution in [2.24, 2.45) is 0 Å². The minimum atomic E-state index is 0.374. The molecule has 1 aromatic carbocycles. The summed E-state index contributed by atoms with van der Waals surface area (Å²) in [6.45, 7) is 0. The molecule has 3 rings (SSSR count). The van der Waals surface area contributed by atoms with Crippen LogP contribution in [0.5, 0.6) is 0 Å². The Bertz CT molecular complexity index is 742. The number of nitrogens with one attached hydrogen (secondary N) is 1. The van der Waals surface area contributed by atoms with Crippen molar-refractivity contribution in [2.75, 3.05) is 5.32 Å². The SMILES string of the molecule is Clc1ncnc(Nc2cccc3cnccc23)c1Br. The molecule has 3 aromatic rings. The highest BCUT2D eigenvalue weighted by molar-refractivity contribution is 9.10. The van der Waals surface area contributed by atoms with E-state index in [1.807, 2.05) is 30.5 Å². The number of aromatic nitrogens is 3. The molecular weight excluding hydrogens is 328 g/mol. The molecule has 2 heterocycles. The second-order valence-electron chi connectivity index (χ2n) is 3.85. The first kappa shape index (κ1) is 12.3. The van der Waals surface area contributed by atoms with Gasteiger partial charge in [0, 0.05) is 28.9 Å². The Morgan fingerprint density at radius 1 is 1.16 bits per heavy atom. The maximum Gasteiger partial charge on any atom is 0.149 e. The van der Waals surface area contributed by atoms with Crippen molar-refractivity contribution >= 4 is 49.8 Å². The molecule has 0 amide bonds. The highest BCUT2D eigenvalue weighted by Gasteiger charge is 2.08. The van der Waals surface area contributed by atoms with Crippen LogP contribution in [0.4, 0.5) is 11.5 Å². The second-order valence-corrected chi connectivity index (χ2v) is 5.01. The predicted octanol–water partition coefficient (Wildman–Crippen LogP) is 4.18. The highest BCUT2D eigenvalue weighted by Crippen LogP contribution is 2.31. The predicted molar refractivity (Wildman–Crippen MR) is 79.8 cm³/mol. The average molecular weight is 336 g/mol. The molecule has 0 spiro atoms. The van der Waals surface area contributed by atoms with Crippen LogP contribution in [0.1, 0.15) is 0 Å². The molecule has 94 valence electrons. The number of nitrogens with zero attached hydrogens (tertiary/aromatic N) is 3. The smallest absolute Gasteiger partial charge is 0.149 e. The summed E-state index contributed by atoms with van der Waals surface area (Å²) in [5.41, 5.74) is 0.940. The fraction of sp³-hybridized carbons (Fsp3) is 0. The summed E-state index contributed by atoms with van der Waals surface area (Å²) in [5.74, 6) is 0.629. The molecule has 0 radical (unpaired) electrons. The summed E-state index contributed by atoms with van der Waals surface area (Å²) in [6, 6.07) is 7.90. The van der Waals surface area contributed by atoms with Gasteiger partial charge < -0.3 is 5.32 Å². The Labute approximate surface area is 123 Å². The van der Waals surface area contributed by atoms with Gasteiger partial charge in [0.05, 0.1) is 4.47 Å². The Balaban J connectivity index is 2.09. The van der Waals surface area contributed by atoms with Crippen molar-refractivity contribution in [1.29, 1.82) is 0 Å². The number of hydrogen-bond acceptors (Lipinski definition) is 4. The van der Waals surface area contributed by atoms with Gasteiger partial charge >= 0.3 is 0 Å². The molecule has 0 aliphatic rings. The standard InChI is InChI=1S/C13H8BrClN4/c14-11-12(15)17-7-18-13(11)19-10-3-1-2-8-6-16-5-4-9(8)10/h1-7H,(H,17,18,19). The van der Waals surface area contributed by atoms with Crippen molar-refractivity contribution in [1.82, 2.24) is 15.0 Å². The van der Waals surface area contributed by atoms with Crippen molar-refractivity contribution in [2.45, 2.75) is 0 Å². The van der Waals surface area contributed by atoms with E-state index >= 15 is 0 Å². The van der Waals surface area contributed by atoms with Crippen LogP contribution in [0.3, 0.4) is 0 Å². The molecule has 0 aliphatic heterocycles. The van der Waals surface area contributed by atoms with Gasteiger partial charge in [-0.15, -0.1) is 0 Å². The summed E-state index contributed by atoms with van der Waals surface area (Å²) in [4.78, 5) is 12.2. The summed E-state index contributed by atoms with van der Waals surface area (Å²) in [6.07, 6.45) is 5.00. The molecule has 0 saturated carbocycles. The first-order valence-electron chi connectivity index (χ1n) is 5.51. The number of benzene rings is 1. The zero-order valence-corrected chi connectivity index (χ0v) is 12.0. The molecule has 1 N–H and O–H groups in total. The third-order valence-corrected chi connectivity index (χ3v) is 3.95. The van der Waals surface area contributed by atoms with Crippen LogP contribution in [-0.4, -0.2) is 15.0 Å². The lowest BCUT2D eigenvalue weighted by Crippen LogP contribution is -1.97. The molecular formula is C13H8BrClN4. The summed E-state index contributed by atoms with van der Waals surface area (Å²) in [5, 5.41) is 5.75. The van der Waals surface area contributed by atoms with Crippen molar-refractivity contribution in [3.63, 3.8) is 0 Å². The fourth-order valence-electron chi connectivity index (χ4n) is 1.79.